The van der Waals surface area contributed by atoms with Crippen LogP contribution in [-0.2, 0) is 0 Å². The van der Waals surface area contributed by atoms with Crippen molar-refractivity contribution < 1.29 is 0 Å². The lowest BCUT2D eigenvalue weighted by molar-refractivity contribution is 1.30. The highest BCUT2D eigenvalue weighted by atomic mass is 14.6. The predicted octanol–water partition coefficient (Wildman–Crippen LogP) is 2.56. The van der Waals surface area contributed by atoms with Crippen molar-refractivity contribution in [2.75, 3.05) is 0 Å². The lowest BCUT2D eigenvalue weighted by Crippen LogP contribution is -1.75. The Morgan fingerprint density at radius 3 is 2.22 bits per heavy atom. The molecule has 0 saturated heterocycles. The monoisotopic (exact) mass is 123 g/mol. The molecule has 9 heavy (non-hydrogen) atoms. The zero-order valence-electron chi connectivity index (χ0n) is 6.31. The minimum absolute atomic E-state index is 1.17. The van der Waals surface area contributed by atoms with Gasteiger partial charge < -0.3 is 0 Å². The van der Waals surface area contributed by atoms with Gasteiger partial charge in [-0.1, -0.05) is 11.6 Å². The van der Waals surface area contributed by atoms with Crippen molar-refractivity contribution in [3.8, 4) is 0 Å². The van der Waals surface area contributed by atoms with Gasteiger partial charge in [0.25, 0.3) is 0 Å². The minimum atomic E-state index is 1.17. The second-order valence-corrected chi connectivity index (χ2v) is 1.97. The zero-order chi connectivity index (χ0) is 7.28. The van der Waals surface area contributed by atoms with E-state index in [0.29, 0.717) is 0 Å². The summed E-state index contributed by atoms with van der Waals surface area (Å²) in [6, 6.07) is 0. The van der Waals surface area contributed by atoms with E-state index in [9.17, 15) is 0 Å². The van der Waals surface area contributed by atoms with E-state index in [0.717, 1.165) is 0 Å². The third kappa shape index (κ3) is 2.85. The van der Waals surface area contributed by atoms with Crippen molar-refractivity contribution in [3.63, 3.8) is 0 Å². The molecule has 0 bridgehead atoms. The van der Waals surface area contributed by atoms with Crippen molar-refractivity contribution in [1.29, 1.82) is 0 Å². The largest absolute Gasteiger partial charge is 0.272 e. The molecule has 0 aromatic carbocycles. The van der Waals surface area contributed by atoms with E-state index in [1.165, 1.54) is 11.1 Å². The van der Waals surface area contributed by atoms with Gasteiger partial charge in [-0.3, -0.25) is 4.99 Å². The first-order chi connectivity index (χ1) is 4.22. The highest BCUT2D eigenvalue weighted by Gasteiger charge is 1.86. The fraction of sp³-hybridized carbons (Fsp3) is 0.375. The van der Waals surface area contributed by atoms with E-state index in [-0.39, 0.29) is 0 Å². The van der Waals surface area contributed by atoms with Crippen LogP contribution in [0.3, 0.4) is 0 Å². The summed E-state index contributed by atoms with van der Waals surface area (Å²) in [6.07, 6.45) is 3.81. The fourth-order valence-corrected chi connectivity index (χ4v) is 0.466. The highest BCUT2D eigenvalue weighted by molar-refractivity contribution is 5.31. The number of hydrogen-bond donors (Lipinski definition) is 0. The molecule has 0 fully saturated rings. The van der Waals surface area contributed by atoms with Crippen molar-refractivity contribution >= 4 is 6.72 Å². The summed E-state index contributed by atoms with van der Waals surface area (Å²) in [4.78, 5) is 3.65. The number of rotatable bonds is 2. The molecule has 0 heterocycles. The molecule has 0 aliphatic heterocycles. The van der Waals surface area contributed by atoms with E-state index in [4.69, 9.17) is 0 Å². The number of allylic oxidation sites excluding steroid dienone is 3. The van der Waals surface area contributed by atoms with Gasteiger partial charge in [0.15, 0.2) is 0 Å². The average molecular weight is 123 g/mol. The fourth-order valence-electron chi connectivity index (χ4n) is 0.466. The average Bonchev–Trinajstić information content (AvgIpc) is 1.87. The first-order valence-electron chi connectivity index (χ1n) is 2.98. The maximum atomic E-state index is 3.65. The maximum absolute atomic E-state index is 3.65. The maximum Gasteiger partial charge on any atom is 0.0292 e. The minimum Gasteiger partial charge on any atom is -0.272 e. The summed E-state index contributed by atoms with van der Waals surface area (Å²) in [6.45, 7) is 9.44. The Kier molecular flexibility index (Phi) is 3.69. The van der Waals surface area contributed by atoms with Crippen LogP contribution in [0.1, 0.15) is 20.8 Å². The van der Waals surface area contributed by atoms with Crippen LogP contribution < -0.4 is 0 Å². The second-order valence-electron chi connectivity index (χ2n) is 1.97. The Hall–Kier alpha value is -0.850. The Morgan fingerprint density at radius 2 is 1.89 bits per heavy atom. The summed E-state index contributed by atoms with van der Waals surface area (Å²) in [5.41, 5.74) is 2.43. The van der Waals surface area contributed by atoms with Crippen LogP contribution >= 0.6 is 0 Å². The van der Waals surface area contributed by atoms with Crippen molar-refractivity contribution in [3.05, 3.63) is 23.4 Å². The van der Waals surface area contributed by atoms with Gasteiger partial charge in [0.2, 0.25) is 0 Å². The zero-order valence-corrected chi connectivity index (χ0v) is 6.31. The first-order valence-corrected chi connectivity index (χ1v) is 2.98. The summed E-state index contributed by atoms with van der Waals surface area (Å²) in [5, 5.41) is 0. The van der Waals surface area contributed by atoms with Crippen LogP contribution in [0.15, 0.2) is 28.4 Å². The molecule has 0 N–H and O–H groups in total. The molecule has 0 aromatic rings. The molecule has 1 heteroatoms. The van der Waals surface area contributed by atoms with E-state index >= 15 is 0 Å². The first kappa shape index (κ1) is 8.15. The summed E-state index contributed by atoms with van der Waals surface area (Å²) < 4.78 is 0. The van der Waals surface area contributed by atoms with E-state index < -0.39 is 0 Å². The summed E-state index contributed by atoms with van der Waals surface area (Å²) in [7, 11) is 0. The van der Waals surface area contributed by atoms with E-state index in [1.54, 1.807) is 6.20 Å². The van der Waals surface area contributed by atoms with Crippen LogP contribution in [-0.4, -0.2) is 6.72 Å². The Bertz CT molecular complexity index is 152. The summed E-state index contributed by atoms with van der Waals surface area (Å²) in [5.74, 6) is 0. The Labute approximate surface area is 56.8 Å². The normalized spacial score (nSPS) is 13.7. The van der Waals surface area contributed by atoms with Gasteiger partial charge in [0, 0.05) is 6.20 Å². The van der Waals surface area contributed by atoms with Gasteiger partial charge in [0.05, 0.1) is 0 Å². The molecule has 0 unspecified atom stereocenters. The number of aliphatic imine (C=N–C) groups is 1. The molecule has 0 spiro atoms. The number of hydrogen-bond acceptors (Lipinski definition) is 1. The van der Waals surface area contributed by atoms with Crippen LogP contribution in [0.5, 0.6) is 0 Å². The number of nitrogens with zero attached hydrogens (tertiary/aromatic N) is 1. The van der Waals surface area contributed by atoms with Crippen molar-refractivity contribution in [2.24, 2.45) is 4.99 Å². The van der Waals surface area contributed by atoms with Gasteiger partial charge in [-0.25, -0.2) is 0 Å². The lowest BCUT2D eigenvalue weighted by atomic mass is 10.1. The van der Waals surface area contributed by atoms with Crippen LogP contribution in [0.25, 0.3) is 0 Å². The highest BCUT2D eigenvalue weighted by Crippen LogP contribution is 2.06. The van der Waals surface area contributed by atoms with Gasteiger partial charge >= 0.3 is 0 Å². The van der Waals surface area contributed by atoms with Crippen LogP contribution in [0.2, 0.25) is 0 Å². The van der Waals surface area contributed by atoms with Gasteiger partial charge in [-0.15, -0.1) is 0 Å². The quantitative estimate of drug-likeness (QED) is 0.395. The molecule has 1 nitrogen and oxygen atoms in total. The van der Waals surface area contributed by atoms with Gasteiger partial charge in [-0.05, 0) is 33.1 Å². The molecular formula is C8H13N. The molecule has 0 amide bonds. The third-order valence-corrected chi connectivity index (χ3v) is 1.34. The molecule has 0 atom stereocenters. The van der Waals surface area contributed by atoms with E-state index in [1.807, 2.05) is 13.8 Å². The standard InChI is InChI=1S/C8H13N/c1-5-7(2)8(3)6-9-4/h5-6H,4H2,1-3H3/b7-5-,8-6-. The molecule has 0 aromatic heterocycles. The van der Waals surface area contributed by atoms with Crippen molar-refractivity contribution in [2.45, 2.75) is 20.8 Å². The lowest BCUT2D eigenvalue weighted by Gasteiger charge is -1.95. The van der Waals surface area contributed by atoms with Crippen molar-refractivity contribution in [1.82, 2.24) is 0 Å². The second kappa shape index (κ2) is 4.07. The van der Waals surface area contributed by atoms with Gasteiger partial charge in [0.1, 0.15) is 0 Å². The molecule has 50 valence electrons. The van der Waals surface area contributed by atoms with Crippen LogP contribution in [0.4, 0.5) is 0 Å². The molecule has 0 saturated carbocycles. The molecular weight excluding hydrogens is 110 g/mol. The third-order valence-electron chi connectivity index (χ3n) is 1.34. The summed E-state index contributed by atoms with van der Waals surface area (Å²) >= 11 is 0. The molecule has 0 aliphatic carbocycles. The smallest absolute Gasteiger partial charge is 0.0292 e. The predicted molar refractivity (Wildman–Crippen MR) is 42.7 cm³/mol. The SMILES string of the molecule is C=N/C=C(C)\C(C)=C/C. The van der Waals surface area contributed by atoms with Crippen LogP contribution in [0, 0.1) is 0 Å². The van der Waals surface area contributed by atoms with E-state index in [2.05, 4.69) is 24.7 Å². The molecule has 0 radical (unpaired) electrons. The molecule has 0 rings (SSSR count). The Morgan fingerprint density at radius 1 is 1.33 bits per heavy atom. The molecule has 0 aliphatic rings. The Balaban J connectivity index is 4.19. The topological polar surface area (TPSA) is 12.4 Å². The van der Waals surface area contributed by atoms with Gasteiger partial charge in [-0.2, -0.15) is 0 Å².